The van der Waals surface area contributed by atoms with Gasteiger partial charge in [-0.05, 0) is 49.9 Å². The van der Waals surface area contributed by atoms with Crippen molar-refractivity contribution < 1.29 is 8.42 Å². The molecule has 2 bridgehead atoms. The zero-order valence-corrected chi connectivity index (χ0v) is 11.1. The minimum atomic E-state index is -3.18. The van der Waals surface area contributed by atoms with E-state index in [1.165, 1.54) is 25.7 Å². The maximum absolute atomic E-state index is 12.0. The van der Waals surface area contributed by atoms with Gasteiger partial charge in [0.1, 0.15) is 0 Å². The minimum Gasteiger partial charge on any atom is -0.202 e. The predicted octanol–water partition coefficient (Wildman–Crippen LogP) is 1.35. The van der Waals surface area contributed by atoms with Crippen LogP contribution in [0.2, 0.25) is 0 Å². The molecule has 3 aliphatic rings. The molecule has 0 spiro atoms. The predicted molar refractivity (Wildman–Crippen MR) is 66.7 cm³/mol. The number of nitrogens with zero attached hydrogens (tertiary/aromatic N) is 1. The van der Waals surface area contributed by atoms with E-state index in [1.807, 2.05) is 0 Å². The van der Waals surface area contributed by atoms with Gasteiger partial charge in [0.15, 0.2) is 0 Å². The molecule has 3 fully saturated rings. The second-order valence-corrected chi connectivity index (χ2v) is 7.65. The molecule has 1 saturated heterocycles. The molecule has 3 atom stereocenters. The summed E-state index contributed by atoms with van der Waals surface area (Å²) in [6.07, 6.45) is 7.30. The summed E-state index contributed by atoms with van der Waals surface area (Å²) >= 11 is 0. The van der Waals surface area contributed by atoms with Crippen LogP contribution in [0.1, 0.15) is 38.5 Å². The van der Waals surface area contributed by atoms with Crippen LogP contribution in [-0.2, 0) is 10.2 Å². The Balaban J connectivity index is 1.53. The van der Waals surface area contributed by atoms with Gasteiger partial charge in [-0.1, -0.05) is 6.42 Å². The third-order valence-electron chi connectivity index (χ3n) is 4.82. The summed E-state index contributed by atoms with van der Waals surface area (Å²) < 4.78 is 28.4. The van der Waals surface area contributed by atoms with E-state index in [0.29, 0.717) is 25.6 Å². The van der Waals surface area contributed by atoms with Crippen molar-refractivity contribution in [1.82, 2.24) is 9.03 Å². The van der Waals surface area contributed by atoms with Gasteiger partial charge in [0.25, 0.3) is 10.2 Å². The topological polar surface area (TPSA) is 49.4 Å². The van der Waals surface area contributed by atoms with E-state index in [0.717, 1.165) is 24.7 Å². The summed E-state index contributed by atoms with van der Waals surface area (Å²) in [4.78, 5) is 0. The molecule has 0 unspecified atom stereocenters. The lowest BCUT2D eigenvalue weighted by molar-refractivity contribution is 0.329. The first-order valence-corrected chi connectivity index (χ1v) is 8.34. The van der Waals surface area contributed by atoms with Gasteiger partial charge in [-0.3, -0.25) is 0 Å². The highest BCUT2D eigenvalue weighted by Gasteiger charge is 2.40. The van der Waals surface area contributed by atoms with Gasteiger partial charge in [0.05, 0.1) is 0 Å². The number of nitrogens with one attached hydrogen (secondary N) is 1. The van der Waals surface area contributed by atoms with E-state index in [2.05, 4.69) is 4.72 Å². The summed E-state index contributed by atoms with van der Waals surface area (Å²) in [5, 5.41) is 0. The Kier molecular flexibility index (Phi) is 3.17. The first-order valence-electron chi connectivity index (χ1n) is 6.90. The fourth-order valence-corrected chi connectivity index (χ4v) is 5.20. The lowest BCUT2D eigenvalue weighted by Gasteiger charge is -2.23. The van der Waals surface area contributed by atoms with Crippen molar-refractivity contribution in [2.45, 2.75) is 38.5 Å². The highest BCUT2D eigenvalue weighted by Crippen LogP contribution is 2.47. The molecule has 2 saturated carbocycles. The third-order valence-corrected chi connectivity index (χ3v) is 6.39. The lowest BCUT2D eigenvalue weighted by Crippen LogP contribution is -2.41. The Morgan fingerprint density at radius 1 is 1.12 bits per heavy atom. The number of rotatable bonds is 4. The highest BCUT2D eigenvalue weighted by atomic mass is 32.2. The van der Waals surface area contributed by atoms with E-state index in [9.17, 15) is 8.42 Å². The SMILES string of the molecule is O=S(=O)(NC[C@@H]1C[C@H]2CC[C@H]1C2)N1CCCC1. The molecule has 2 aliphatic carbocycles. The fraction of sp³-hybridized carbons (Fsp3) is 1.00. The minimum absolute atomic E-state index is 0.603. The molecule has 4 nitrogen and oxygen atoms in total. The molecular weight excluding hydrogens is 236 g/mol. The lowest BCUT2D eigenvalue weighted by atomic mass is 9.89. The molecule has 3 rings (SSSR count). The van der Waals surface area contributed by atoms with Crippen LogP contribution in [0.15, 0.2) is 0 Å². The molecule has 1 heterocycles. The normalized spacial score (nSPS) is 38.0. The van der Waals surface area contributed by atoms with Gasteiger partial charge in [0.2, 0.25) is 0 Å². The quantitative estimate of drug-likeness (QED) is 0.827. The molecule has 0 radical (unpaired) electrons. The molecular formula is C12H22N2O2S. The van der Waals surface area contributed by atoms with Crippen LogP contribution in [0.5, 0.6) is 0 Å². The average Bonchev–Trinajstić information content (AvgIpc) is 3.02. The van der Waals surface area contributed by atoms with Crippen molar-refractivity contribution in [3.63, 3.8) is 0 Å². The second-order valence-electron chi connectivity index (χ2n) is 5.89. The maximum atomic E-state index is 12.0. The average molecular weight is 258 g/mol. The Hall–Kier alpha value is -0.130. The zero-order chi connectivity index (χ0) is 11.9. The van der Waals surface area contributed by atoms with Crippen molar-refractivity contribution in [2.24, 2.45) is 17.8 Å². The number of hydrogen-bond donors (Lipinski definition) is 1. The van der Waals surface area contributed by atoms with Crippen LogP contribution in [0.4, 0.5) is 0 Å². The van der Waals surface area contributed by atoms with E-state index in [4.69, 9.17) is 0 Å². The van der Waals surface area contributed by atoms with E-state index >= 15 is 0 Å². The van der Waals surface area contributed by atoms with Gasteiger partial charge in [-0.15, -0.1) is 0 Å². The molecule has 0 aromatic rings. The van der Waals surface area contributed by atoms with Crippen molar-refractivity contribution in [1.29, 1.82) is 0 Å². The van der Waals surface area contributed by atoms with Gasteiger partial charge in [0, 0.05) is 19.6 Å². The molecule has 98 valence electrons. The highest BCUT2D eigenvalue weighted by molar-refractivity contribution is 7.87. The summed E-state index contributed by atoms with van der Waals surface area (Å²) in [5.74, 6) is 2.29. The Labute approximate surface area is 104 Å². The molecule has 1 aliphatic heterocycles. The molecule has 17 heavy (non-hydrogen) atoms. The van der Waals surface area contributed by atoms with Gasteiger partial charge < -0.3 is 0 Å². The number of hydrogen-bond acceptors (Lipinski definition) is 2. The van der Waals surface area contributed by atoms with Gasteiger partial charge in [-0.25, -0.2) is 4.72 Å². The second kappa shape index (κ2) is 4.52. The summed E-state index contributed by atoms with van der Waals surface area (Å²) in [5.41, 5.74) is 0. The molecule has 0 aromatic carbocycles. The fourth-order valence-electron chi connectivity index (χ4n) is 3.86. The third kappa shape index (κ3) is 2.37. The number of fused-ring (bicyclic) bond motifs is 2. The summed E-state index contributed by atoms with van der Waals surface area (Å²) in [6, 6.07) is 0. The van der Waals surface area contributed by atoms with Crippen LogP contribution >= 0.6 is 0 Å². The van der Waals surface area contributed by atoms with Crippen molar-refractivity contribution >= 4 is 10.2 Å². The van der Waals surface area contributed by atoms with Crippen LogP contribution in [-0.4, -0.2) is 32.4 Å². The Morgan fingerprint density at radius 2 is 1.88 bits per heavy atom. The van der Waals surface area contributed by atoms with Crippen molar-refractivity contribution in [3.8, 4) is 0 Å². The van der Waals surface area contributed by atoms with Crippen LogP contribution in [0.3, 0.4) is 0 Å². The smallest absolute Gasteiger partial charge is 0.202 e. The molecule has 1 N–H and O–H groups in total. The molecule has 0 aromatic heterocycles. The van der Waals surface area contributed by atoms with Crippen LogP contribution < -0.4 is 4.72 Å². The summed E-state index contributed by atoms with van der Waals surface area (Å²) in [7, 11) is -3.18. The zero-order valence-electron chi connectivity index (χ0n) is 10.3. The van der Waals surface area contributed by atoms with Crippen molar-refractivity contribution in [2.75, 3.05) is 19.6 Å². The summed E-state index contributed by atoms with van der Waals surface area (Å²) in [6.45, 7) is 2.07. The van der Waals surface area contributed by atoms with Gasteiger partial charge >= 0.3 is 0 Å². The van der Waals surface area contributed by atoms with Crippen LogP contribution in [0.25, 0.3) is 0 Å². The van der Waals surface area contributed by atoms with E-state index in [1.54, 1.807) is 4.31 Å². The maximum Gasteiger partial charge on any atom is 0.279 e. The largest absolute Gasteiger partial charge is 0.279 e. The monoisotopic (exact) mass is 258 g/mol. The van der Waals surface area contributed by atoms with E-state index < -0.39 is 10.2 Å². The standard InChI is InChI=1S/C12H22N2O2S/c15-17(16,14-5-1-2-6-14)13-9-12-8-10-3-4-11(12)7-10/h10-13H,1-9H2/t10-,11-,12-/m0/s1. The van der Waals surface area contributed by atoms with Gasteiger partial charge in [-0.2, -0.15) is 12.7 Å². The van der Waals surface area contributed by atoms with Crippen molar-refractivity contribution in [3.05, 3.63) is 0 Å². The Morgan fingerprint density at radius 3 is 2.47 bits per heavy atom. The Bertz CT molecular complexity index is 376. The molecule has 0 amide bonds. The van der Waals surface area contributed by atoms with Crippen LogP contribution in [0, 0.1) is 17.8 Å². The molecule has 5 heteroatoms. The van der Waals surface area contributed by atoms with E-state index in [-0.39, 0.29) is 0 Å². The first kappa shape index (κ1) is 11.9. The first-order chi connectivity index (χ1) is 8.15.